The van der Waals surface area contributed by atoms with Crippen molar-refractivity contribution in [2.24, 2.45) is 7.05 Å². The van der Waals surface area contributed by atoms with Crippen molar-refractivity contribution in [2.75, 3.05) is 44.2 Å². The second-order valence-corrected chi connectivity index (χ2v) is 9.89. The number of benzene rings is 2. The zero-order valence-electron chi connectivity index (χ0n) is 22.8. The molecule has 208 valence electrons. The van der Waals surface area contributed by atoms with Gasteiger partial charge in [-0.1, -0.05) is 30.3 Å². The molecule has 2 aromatic carbocycles. The van der Waals surface area contributed by atoms with E-state index in [9.17, 15) is 14.9 Å². The van der Waals surface area contributed by atoms with Gasteiger partial charge in [0.1, 0.15) is 6.61 Å². The Morgan fingerprint density at radius 2 is 1.82 bits per heavy atom. The molecule has 1 atom stereocenters. The van der Waals surface area contributed by atoms with Crippen molar-refractivity contribution in [1.82, 2.24) is 30.4 Å². The Bertz CT molecular complexity index is 1460. The number of para-hydroxylation sites is 1. The largest absolute Gasteiger partial charge is 0.461 e. The number of non-ortho nitro benzene ring substituents is 1. The van der Waals surface area contributed by atoms with Crippen molar-refractivity contribution >= 4 is 22.9 Å². The number of esters is 1. The molecule has 1 unspecified atom stereocenters. The molecular formula is C28H32N8O4. The first-order chi connectivity index (χ1) is 19.3. The number of tetrazole rings is 1. The quantitative estimate of drug-likeness (QED) is 0.256. The number of piperazine rings is 1. The summed E-state index contributed by atoms with van der Waals surface area (Å²) < 4.78 is 5.81. The molecule has 0 aliphatic carbocycles. The number of hydrogen-bond donors (Lipinski definition) is 1. The number of nitrogens with one attached hydrogen (secondary N) is 1. The second-order valence-electron chi connectivity index (χ2n) is 9.89. The molecule has 0 radical (unpaired) electrons. The van der Waals surface area contributed by atoms with Crippen LogP contribution in [0, 0.1) is 10.1 Å². The molecule has 2 aliphatic heterocycles. The normalized spacial score (nSPS) is 18.1. The molecule has 1 saturated heterocycles. The van der Waals surface area contributed by atoms with Crippen LogP contribution < -0.4 is 10.2 Å². The van der Waals surface area contributed by atoms with Crippen LogP contribution in [-0.4, -0.2) is 75.3 Å². The van der Waals surface area contributed by atoms with Crippen molar-refractivity contribution in [3.05, 3.63) is 93.1 Å². The lowest BCUT2D eigenvalue weighted by atomic mass is 9.80. The topological polar surface area (TPSA) is 132 Å². The third kappa shape index (κ3) is 5.71. The molecule has 0 bridgehead atoms. The van der Waals surface area contributed by atoms with Crippen LogP contribution in [0.2, 0.25) is 0 Å². The number of nitro groups is 1. The molecule has 3 heterocycles. The molecule has 0 spiro atoms. The maximum atomic E-state index is 13.6. The smallest absolute Gasteiger partial charge is 0.336 e. The minimum absolute atomic E-state index is 0.0693. The van der Waals surface area contributed by atoms with Crippen molar-refractivity contribution in [3.8, 4) is 0 Å². The average Bonchev–Trinajstić information content (AvgIpc) is 3.39. The van der Waals surface area contributed by atoms with Crippen LogP contribution in [-0.2, 0) is 16.6 Å². The van der Waals surface area contributed by atoms with Crippen LogP contribution in [0.25, 0.3) is 5.57 Å². The van der Waals surface area contributed by atoms with Crippen molar-refractivity contribution in [2.45, 2.75) is 19.8 Å². The van der Waals surface area contributed by atoms with Gasteiger partial charge in [0.25, 0.3) is 5.69 Å². The first-order valence-corrected chi connectivity index (χ1v) is 13.2. The molecule has 3 aromatic rings. The summed E-state index contributed by atoms with van der Waals surface area (Å²) in [7, 11) is 1.65. The Kier molecular flexibility index (Phi) is 7.87. The van der Waals surface area contributed by atoms with Crippen LogP contribution in [0.5, 0.6) is 0 Å². The first kappa shape index (κ1) is 27.0. The highest BCUT2D eigenvalue weighted by atomic mass is 16.6. The summed E-state index contributed by atoms with van der Waals surface area (Å²) in [6.45, 7) is 8.05. The van der Waals surface area contributed by atoms with Crippen molar-refractivity contribution in [1.29, 1.82) is 0 Å². The molecule has 1 aromatic heterocycles. The Morgan fingerprint density at radius 1 is 1.07 bits per heavy atom. The van der Waals surface area contributed by atoms with Gasteiger partial charge >= 0.3 is 5.97 Å². The number of aromatic nitrogens is 4. The van der Waals surface area contributed by atoms with E-state index in [2.05, 4.69) is 42.7 Å². The zero-order valence-corrected chi connectivity index (χ0v) is 22.8. The highest BCUT2D eigenvalue weighted by Gasteiger charge is 2.37. The summed E-state index contributed by atoms with van der Waals surface area (Å²) in [6.07, 6.45) is 0. The van der Waals surface area contributed by atoms with Crippen LogP contribution >= 0.6 is 0 Å². The van der Waals surface area contributed by atoms with E-state index in [4.69, 9.17) is 4.74 Å². The lowest BCUT2D eigenvalue weighted by Crippen LogP contribution is -2.47. The van der Waals surface area contributed by atoms with Gasteiger partial charge in [0.15, 0.2) is 0 Å². The molecule has 5 rings (SSSR count). The fraction of sp³-hybridized carbons (Fsp3) is 0.357. The number of aryl methyl sites for hydroxylation is 1. The number of hydrogen-bond acceptors (Lipinski definition) is 10. The van der Waals surface area contributed by atoms with Crippen molar-refractivity contribution < 1.29 is 14.5 Å². The predicted octanol–water partition coefficient (Wildman–Crippen LogP) is 2.88. The van der Waals surface area contributed by atoms with Gasteiger partial charge in [-0.15, -0.1) is 10.2 Å². The van der Waals surface area contributed by atoms with Crippen molar-refractivity contribution in [3.63, 3.8) is 0 Å². The molecule has 0 amide bonds. The van der Waals surface area contributed by atoms with E-state index in [0.29, 0.717) is 34.8 Å². The Morgan fingerprint density at radius 3 is 2.50 bits per heavy atom. The van der Waals surface area contributed by atoms with E-state index in [1.807, 2.05) is 25.1 Å². The minimum atomic E-state index is -0.674. The minimum Gasteiger partial charge on any atom is -0.461 e. The zero-order chi connectivity index (χ0) is 28.2. The SMILES string of the molecule is CC1=C(C(=O)OCCN2CCN(c3ccccc3)CC2)C(c2cccc([N+](=O)[O-])c2)C(c2nnn(C)n2)=C(C)N1. The van der Waals surface area contributed by atoms with Gasteiger partial charge < -0.3 is 15.0 Å². The van der Waals surface area contributed by atoms with Gasteiger partial charge in [-0.2, -0.15) is 4.80 Å². The molecule has 0 saturated carbocycles. The maximum Gasteiger partial charge on any atom is 0.336 e. The molecule has 2 aliphatic rings. The van der Waals surface area contributed by atoms with Gasteiger partial charge in [0.2, 0.25) is 5.82 Å². The predicted molar refractivity (Wildman–Crippen MR) is 149 cm³/mol. The number of rotatable bonds is 8. The highest BCUT2D eigenvalue weighted by Crippen LogP contribution is 2.43. The van der Waals surface area contributed by atoms with E-state index < -0.39 is 16.8 Å². The third-order valence-corrected chi connectivity index (χ3v) is 7.28. The molecule has 1 fully saturated rings. The number of nitro benzene ring substituents is 1. The third-order valence-electron chi connectivity index (χ3n) is 7.28. The van der Waals surface area contributed by atoms with Crippen LogP contribution in [0.4, 0.5) is 11.4 Å². The number of nitrogens with zero attached hydrogens (tertiary/aromatic N) is 7. The Labute approximate surface area is 232 Å². The summed E-state index contributed by atoms with van der Waals surface area (Å²) >= 11 is 0. The van der Waals surface area contributed by atoms with E-state index in [1.54, 1.807) is 26.1 Å². The van der Waals surface area contributed by atoms with Crippen LogP contribution in [0.15, 0.2) is 71.6 Å². The maximum absolute atomic E-state index is 13.6. The molecule has 1 N–H and O–H groups in total. The number of dihydropyridines is 1. The second kappa shape index (κ2) is 11.7. The van der Waals surface area contributed by atoms with Crippen LogP contribution in [0.1, 0.15) is 31.2 Å². The van der Waals surface area contributed by atoms with Gasteiger partial charge in [0.05, 0.1) is 17.5 Å². The first-order valence-electron chi connectivity index (χ1n) is 13.2. The molecule has 12 heteroatoms. The summed E-state index contributed by atoms with van der Waals surface area (Å²) in [5.41, 5.74) is 4.04. The average molecular weight is 545 g/mol. The van der Waals surface area contributed by atoms with Gasteiger partial charge in [-0.25, -0.2) is 4.79 Å². The number of carbonyl (C=O) groups is 1. The molecule has 12 nitrogen and oxygen atoms in total. The Balaban J connectivity index is 1.32. The number of carbonyl (C=O) groups excluding carboxylic acids is 1. The molecule has 40 heavy (non-hydrogen) atoms. The summed E-state index contributed by atoms with van der Waals surface area (Å²) in [6, 6.07) is 16.6. The Hall–Kier alpha value is -4.58. The summed E-state index contributed by atoms with van der Waals surface area (Å²) in [5, 5.41) is 27.3. The summed E-state index contributed by atoms with van der Waals surface area (Å²) in [4.78, 5) is 30.7. The van der Waals surface area contributed by atoms with E-state index in [1.165, 1.54) is 22.6 Å². The van der Waals surface area contributed by atoms with E-state index in [0.717, 1.165) is 31.9 Å². The number of anilines is 1. The van der Waals surface area contributed by atoms with E-state index >= 15 is 0 Å². The lowest BCUT2D eigenvalue weighted by Gasteiger charge is -2.36. The van der Waals surface area contributed by atoms with Gasteiger partial charge in [-0.3, -0.25) is 15.0 Å². The fourth-order valence-corrected chi connectivity index (χ4v) is 5.32. The summed E-state index contributed by atoms with van der Waals surface area (Å²) in [5.74, 6) is -0.830. The fourth-order valence-electron chi connectivity index (χ4n) is 5.32. The molecular weight excluding hydrogens is 512 g/mol. The van der Waals surface area contributed by atoms with Gasteiger partial charge in [-0.05, 0) is 36.8 Å². The highest BCUT2D eigenvalue weighted by molar-refractivity contribution is 5.97. The van der Waals surface area contributed by atoms with Crippen LogP contribution in [0.3, 0.4) is 0 Å². The number of ether oxygens (including phenoxy) is 1. The standard InChI is InChI=1S/C28H32N8O4/c1-19-24(27-30-32-33(3)31-27)26(21-8-7-11-23(18-21)36(38)39)25(20(2)29-19)28(37)40-17-16-34-12-14-35(15-13-34)22-9-5-4-6-10-22/h4-11,18,26,29H,12-17H2,1-3H3. The number of allylic oxidation sites excluding steroid dienone is 3. The monoisotopic (exact) mass is 544 g/mol. The lowest BCUT2D eigenvalue weighted by molar-refractivity contribution is -0.384. The van der Waals surface area contributed by atoms with Gasteiger partial charge in [0, 0.05) is 73.4 Å². The van der Waals surface area contributed by atoms with E-state index in [-0.39, 0.29) is 12.3 Å².